The number of ether oxygens (including phenoxy) is 1. The normalized spacial score (nSPS) is 12.4. The minimum absolute atomic E-state index is 0.139. The summed E-state index contributed by atoms with van der Waals surface area (Å²) in [4.78, 5) is 4.54. The van der Waals surface area contributed by atoms with Gasteiger partial charge in [0.05, 0.1) is 12.3 Å². The van der Waals surface area contributed by atoms with E-state index in [9.17, 15) is 0 Å². The van der Waals surface area contributed by atoms with E-state index in [2.05, 4.69) is 50.3 Å². The Kier molecular flexibility index (Phi) is 5.56. The molecule has 0 atom stereocenters. The summed E-state index contributed by atoms with van der Waals surface area (Å²) >= 11 is 1.70. The lowest BCUT2D eigenvalue weighted by Gasteiger charge is -2.19. The first-order valence-corrected chi connectivity index (χ1v) is 7.01. The monoisotopic (exact) mass is 256 g/mol. The number of hydrogen-bond donors (Lipinski definition) is 1. The van der Waals surface area contributed by atoms with Gasteiger partial charge in [-0.05, 0) is 26.7 Å². The van der Waals surface area contributed by atoms with E-state index in [0.717, 1.165) is 23.9 Å². The average Bonchev–Trinajstić information content (AvgIpc) is 2.61. The Morgan fingerprint density at radius 3 is 2.71 bits per heavy atom. The third kappa shape index (κ3) is 6.76. The Morgan fingerprint density at radius 2 is 2.12 bits per heavy atom. The van der Waals surface area contributed by atoms with Crippen molar-refractivity contribution < 1.29 is 4.74 Å². The van der Waals surface area contributed by atoms with Crippen LogP contribution in [0.5, 0.6) is 0 Å². The van der Waals surface area contributed by atoms with Gasteiger partial charge in [-0.15, -0.1) is 11.3 Å². The van der Waals surface area contributed by atoms with Gasteiger partial charge in [-0.25, -0.2) is 4.98 Å². The standard InChI is InChI=1S/C13H24N2OS/c1-10(2)7-16-8-11-9-17-12(15-11)6-14-13(3,4)5/h9-10,14H,6-8H2,1-5H3. The topological polar surface area (TPSA) is 34.1 Å². The molecule has 0 radical (unpaired) electrons. The molecule has 4 heteroatoms. The molecule has 1 rings (SSSR count). The van der Waals surface area contributed by atoms with Crippen LogP contribution in [0.4, 0.5) is 0 Å². The lowest BCUT2D eigenvalue weighted by molar-refractivity contribution is 0.0950. The van der Waals surface area contributed by atoms with Gasteiger partial charge in [0.25, 0.3) is 0 Å². The molecule has 0 amide bonds. The van der Waals surface area contributed by atoms with Crippen molar-refractivity contribution in [2.75, 3.05) is 6.61 Å². The van der Waals surface area contributed by atoms with Gasteiger partial charge in [-0.3, -0.25) is 0 Å². The summed E-state index contributed by atoms with van der Waals surface area (Å²) in [5.74, 6) is 0.579. The molecule has 1 N–H and O–H groups in total. The zero-order valence-electron chi connectivity index (χ0n) is 11.5. The van der Waals surface area contributed by atoms with Crippen molar-refractivity contribution in [3.05, 3.63) is 16.1 Å². The molecule has 17 heavy (non-hydrogen) atoms. The molecule has 0 aliphatic rings. The Balaban J connectivity index is 2.32. The molecule has 0 aromatic carbocycles. The van der Waals surface area contributed by atoms with E-state index in [1.807, 2.05) is 0 Å². The summed E-state index contributed by atoms with van der Waals surface area (Å²) < 4.78 is 5.56. The quantitative estimate of drug-likeness (QED) is 0.848. The van der Waals surface area contributed by atoms with Gasteiger partial charge in [-0.2, -0.15) is 0 Å². The van der Waals surface area contributed by atoms with E-state index in [0.29, 0.717) is 12.5 Å². The van der Waals surface area contributed by atoms with E-state index in [4.69, 9.17) is 4.74 Å². The zero-order valence-corrected chi connectivity index (χ0v) is 12.4. The minimum atomic E-state index is 0.139. The zero-order chi connectivity index (χ0) is 12.9. The van der Waals surface area contributed by atoms with E-state index >= 15 is 0 Å². The van der Waals surface area contributed by atoms with Gasteiger partial charge in [0.15, 0.2) is 0 Å². The molecule has 98 valence electrons. The van der Waals surface area contributed by atoms with Crippen LogP contribution in [-0.2, 0) is 17.9 Å². The van der Waals surface area contributed by atoms with Crippen molar-refractivity contribution in [2.24, 2.45) is 5.92 Å². The van der Waals surface area contributed by atoms with Gasteiger partial charge < -0.3 is 10.1 Å². The third-order valence-electron chi connectivity index (χ3n) is 2.07. The second-order valence-electron chi connectivity index (χ2n) is 5.75. The summed E-state index contributed by atoms with van der Waals surface area (Å²) in [5, 5.41) is 6.64. The van der Waals surface area contributed by atoms with Gasteiger partial charge in [-0.1, -0.05) is 13.8 Å². The van der Waals surface area contributed by atoms with Crippen molar-refractivity contribution in [1.29, 1.82) is 0 Å². The Bertz CT molecular complexity index is 328. The first-order chi connectivity index (χ1) is 7.87. The maximum atomic E-state index is 5.56. The van der Waals surface area contributed by atoms with Gasteiger partial charge >= 0.3 is 0 Å². The second kappa shape index (κ2) is 6.47. The highest BCUT2D eigenvalue weighted by atomic mass is 32.1. The first-order valence-electron chi connectivity index (χ1n) is 6.13. The van der Waals surface area contributed by atoms with Gasteiger partial charge in [0.1, 0.15) is 5.01 Å². The molecule has 1 heterocycles. The number of thiazole rings is 1. The van der Waals surface area contributed by atoms with Crippen LogP contribution in [0.2, 0.25) is 0 Å². The predicted molar refractivity (Wildman–Crippen MR) is 73.2 cm³/mol. The molecule has 0 saturated carbocycles. The molecule has 0 fully saturated rings. The second-order valence-corrected chi connectivity index (χ2v) is 6.69. The van der Waals surface area contributed by atoms with E-state index in [1.165, 1.54) is 0 Å². The van der Waals surface area contributed by atoms with Crippen LogP contribution in [0, 0.1) is 5.92 Å². The van der Waals surface area contributed by atoms with Crippen LogP contribution in [-0.4, -0.2) is 17.1 Å². The van der Waals surface area contributed by atoms with Crippen LogP contribution in [0.25, 0.3) is 0 Å². The Labute approximate surface area is 109 Å². The number of nitrogens with zero attached hydrogens (tertiary/aromatic N) is 1. The van der Waals surface area contributed by atoms with E-state index in [-0.39, 0.29) is 5.54 Å². The van der Waals surface area contributed by atoms with Gasteiger partial charge in [0.2, 0.25) is 0 Å². The van der Waals surface area contributed by atoms with Crippen molar-refractivity contribution in [3.63, 3.8) is 0 Å². The fourth-order valence-corrected chi connectivity index (χ4v) is 1.95. The molecular formula is C13H24N2OS. The molecule has 0 bridgehead atoms. The lowest BCUT2D eigenvalue weighted by Crippen LogP contribution is -2.35. The van der Waals surface area contributed by atoms with Crippen LogP contribution < -0.4 is 5.32 Å². The smallest absolute Gasteiger partial charge is 0.107 e. The summed E-state index contributed by atoms with van der Waals surface area (Å²) in [7, 11) is 0. The molecule has 1 aromatic rings. The van der Waals surface area contributed by atoms with E-state index < -0.39 is 0 Å². The van der Waals surface area contributed by atoms with Crippen LogP contribution in [0.1, 0.15) is 45.3 Å². The van der Waals surface area contributed by atoms with Crippen molar-refractivity contribution in [3.8, 4) is 0 Å². The predicted octanol–water partition coefficient (Wildman–Crippen LogP) is 3.20. The Morgan fingerprint density at radius 1 is 1.41 bits per heavy atom. The van der Waals surface area contributed by atoms with Gasteiger partial charge in [0, 0.05) is 24.1 Å². The number of aromatic nitrogens is 1. The Hall–Kier alpha value is -0.450. The van der Waals surface area contributed by atoms with Crippen molar-refractivity contribution in [2.45, 2.75) is 53.3 Å². The van der Waals surface area contributed by atoms with E-state index in [1.54, 1.807) is 11.3 Å². The maximum absolute atomic E-state index is 5.56. The molecule has 0 aliphatic heterocycles. The SMILES string of the molecule is CC(C)COCc1csc(CNC(C)(C)C)n1. The summed E-state index contributed by atoms with van der Waals surface area (Å²) in [6, 6.07) is 0. The number of hydrogen-bond acceptors (Lipinski definition) is 4. The fourth-order valence-electron chi connectivity index (χ4n) is 1.24. The maximum Gasteiger partial charge on any atom is 0.107 e. The highest BCUT2D eigenvalue weighted by Crippen LogP contribution is 2.12. The molecule has 3 nitrogen and oxygen atoms in total. The first kappa shape index (κ1) is 14.6. The lowest BCUT2D eigenvalue weighted by atomic mass is 10.1. The summed E-state index contributed by atoms with van der Waals surface area (Å²) in [5.41, 5.74) is 1.18. The third-order valence-corrected chi connectivity index (χ3v) is 2.97. The molecule has 0 saturated heterocycles. The van der Waals surface area contributed by atoms with Crippen LogP contribution in [0.3, 0.4) is 0 Å². The van der Waals surface area contributed by atoms with Crippen molar-refractivity contribution >= 4 is 11.3 Å². The van der Waals surface area contributed by atoms with Crippen molar-refractivity contribution in [1.82, 2.24) is 10.3 Å². The molecule has 0 unspecified atom stereocenters. The summed E-state index contributed by atoms with van der Waals surface area (Å²) in [6.45, 7) is 13.0. The highest BCUT2D eigenvalue weighted by Gasteiger charge is 2.10. The number of nitrogens with one attached hydrogen (secondary N) is 1. The number of rotatable bonds is 6. The molecule has 0 spiro atoms. The largest absolute Gasteiger partial charge is 0.375 e. The summed E-state index contributed by atoms with van der Waals surface area (Å²) in [6.07, 6.45) is 0. The average molecular weight is 256 g/mol. The van der Waals surface area contributed by atoms with Crippen LogP contribution in [0.15, 0.2) is 5.38 Å². The minimum Gasteiger partial charge on any atom is -0.375 e. The molecule has 1 aromatic heterocycles. The fraction of sp³-hybridized carbons (Fsp3) is 0.769. The highest BCUT2D eigenvalue weighted by molar-refractivity contribution is 7.09. The molecular weight excluding hydrogens is 232 g/mol. The molecule has 0 aliphatic carbocycles. The van der Waals surface area contributed by atoms with Crippen LogP contribution >= 0.6 is 11.3 Å².